The summed E-state index contributed by atoms with van der Waals surface area (Å²) in [7, 11) is 0. The Balaban J connectivity index is 1.53. The van der Waals surface area contributed by atoms with Crippen LogP contribution in [0.3, 0.4) is 0 Å². The average molecular weight is 365 g/mol. The lowest BCUT2D eigenvalue weighted by Gasteiger charge is -2.37. The summed E-state index contributed by atoms with van der Waals surface area (Å²) in [6.45, 7) is 7.57. The summed E-state index contributed by atoms with van der Waals surface area (Å²) in [6.07, 6.45) is 11.0. The molecule has 1 nitrogen and oxygen atoms in total. The predicted octanol–water partition coefficient (Wildman–Crippen LogP) is 7.68. The Morgan fingerprint density at radius 1 is 0.889 bits per heavy atom. The smallest absolute Gasteiger partial charge is 0.119 e. The van der Waals surface area contributed by atoms with E-state index in [1.54, 1.807) is 0 Å². The number of hydrogen-bond donors (Lipinski definition) is 0. The van der Waals surface area contributed by atoms with Gasteiger partial charge in [-0.3, -0.25) is 0 Å². The Labute approximate surface area is 166 Å². The Morgan fingerprint density at radius 2 is 1.48 bits per heavy atom. The molecular formula is C26H36O. The van der Waals surface area contributed by atoms with Crippen molar-refractivity contribution in [2.24, 2.45) is 11.3 Å². The second-order valence-corrected chi connectivity index (χ2v) is 8.70. The number of ether oxygens (including phenoxy) is 1. The molecule has 1 aliphatic carbocycles. The van der Waals surface area contributed by atoms with E-state index in [2.05, 4.69) is 62.4 Å². The molecule has 0 bridgehead atoms. The number of aryl methyl sites for hydroxylation is 1. The molecule has 0 unspecified atom stereocenters. The molecule has 0 saturated heterocycles. The van der Waals surface area contributed by atoms with Crippen LogP contribution in [-0.4, -0.2) is 6.61 Å². The molecule has 0 amide bonds. The summed E-state index contributed by atoms with van der Waals surface area (Å²) >= 11 is 0. The second-order valence-electron chi connectivity index (χ2n) is 8.70. The molecule has 0 aliphatic heterocycles. The van der Waals surface area contributed by atoms with Gasteiger partial charge >= 0.3 is 0 Å². The van der Waals surface area contributed by atoms with Crippen molar-refractivity contribution in [2.45, 2.75) is 72.1 Å². The molecule has 2 aromatic carbocycles. The summed E-state index contributed by atoms with van der Waals surface area (Å²) in [5.74, 6) is 1.94. The van der Waals surface area contributed by atoms with Crippen molar-refractivity contribution in [3.8, 4) is 16.9 Å². The first kappa shape index (κ1) is 20.0. The van der Waals surface area contributed by atoms with E-state index in [4.69, 9.17) is 4.74 Å². The molecule has 3 rings (SSSR count). The van der Waals surface area contributed by atoms with Gasteiger partial charge in [-0.25, -0.2) is 0 Å². The minimum atomic E-state index is 0.554. The van der Waals surface area contributed by atoms with Crippen molar-refractivity contribution in [3.63, 3.8) is 0 Å². The zero-order valence-electron chi connectivity index (χ0n) is 17.5. The molecule has 2 aromatic rings. The van der Waals surface area contributed by atoms with Gasteiger partial charge in [-0.2, -0.15) is 0 Å². The van der Waals surface area contributed by atoms with Crippen LogP contribution in [0.5, 0.6) is 5.75 Å². The number of hydrogen-bond acceptors (Lipinski definition) is 1. The van der Waals surface area contributed by atoms with Crippen LogP contribution in [0.15, 0.2) is 48.5 Å². The normalized spacial score (nSPS) is 22.6. The molecule has 1 heteroatoms. The molecule has 1 saturated carbocycles. The largest absolute Gasteiger partial charge is 0.494 e. The molecule has 27 heavy (non-hydrogen) atoms. The minimum absolute atomic E-state index is 0.554. The van der Waals surface area contributed by atoms with Gasteiger partial charge in [0.2, 0.25) is 0 Å². The molecule has 0 atom stereocenters. The number of rotatable bonds is 8. The highest BCUT2D eigenvalue weighted by Gasteiger charge is 2.30. The maximum atomic E-state index is 5.53. The van der Waals surface area contributed by atoms with Crippen molar-refractivity contribution in [1.82, 2.24) is 0 Å². The van der Waals surface area contributed by atoms with Crippen LogP contribution in [0.2, 0.25) is 0 Å². The third kappa shape index (κ3) is 5.61. The second kappa shape index (κ2) is 9.44. The minimum Gasteiger partial charge on any atom is -0.494 e. The van der Waals surface area contributed by atoms with Crippen molar-refractivity contribution in [2.75, 3.05) is 6.61 Å². The molecule has 146 valence electrons. The van der Waals surface area contributed by atoms with E-state index in [1.165, 1.54) is 68.1 Å². The van der Waals surface area contributed by atoms with Crippen molar-refractivity contribution in [1.29, 1.82) is 0 Å². The van der Waals surface area contributed by atoms with Gasteiger partial charge in [0.15, 0.2) is 0 Å². The SMILES string of the molecule is CCCC1CCC(C)(CCc2ccc(-c3ccc(OCC)cc3)cc2)CC1. The van der Waals surface area contributed by atoms with Gasteiger partial charge in [-0.05, 0) is 85.6 Å². The molecule has 0 aromatic heterocycles. The highest BCUT2D eigenvalue weighted by Crippen LogP contribution is 2.43. The van der Waals surface area contributed by atoms with Crippen LogP contribution in [0, 0.1) is 11.3 Å². The van der Waals surface area contributed by atoms with E-state index in [-0.39, 0.29) is 0 Å². The summed E-state index contributed by atoms with van der Waals surface area (Å²) in [4.78, 5) is 0. The van der Waals surface area contributed by atoms with Crippen LogP contribution in [0.1, 0.15) is 71.3 Å². The first-order valence-electron chi connectivity index (χ1n) is 10.9. The van der Waals surface area contributed by atoms with E-state index >= 15 is 0 Å². The van der Waals surface area contributed by atoms with Gasteiger partial charge in [0.05, 0.1) is 6.61 Å². The first-order valence-corrected chi connectivity index (χ1v) is 10.9. The monoisotopic (exact) mass is 364 g/mol. The highest BCUT2D eigenvalue weighted by atomic mass is 16.5. The van der Waals surface area contributed by atoms with E-state index < -0.39 is 0 Å². The van der Waals surface area contributed by atoms with Crippen molar-refractivity contribution >= 4 is 0 Å². The number of benzene rings is 2. The van der Waals surface area contributed by atoms with Gasteiger partial charge < -0.3 is 4.74 Å². The molecule has 1 fully saturated rings. The Kier molecular flexibility index (Phi) is 6.99. The van der Waals surface area contributed by atoms with Gasteiger partial charge in [0, 0.05) is 0 Å². The fourth-order valence-electron chi connectivity index (χ4n) is 4.54. The molecule has 0 radical (unpaired) electrons. The van der Waals surface area contributed by atoms with Crippen LogP contribution in [0.25, 0.3) is 11.1 Å². The molecule has 0 N–H and O–H groups in total. The van der Waals surface area contributed by atoms with Gasteiger partial charge in [-0.15, -0.1) is 0 Å². The topological polar surface area (TPSA) is 9.23 Å². The maximum Gasteiger partial charge on any atom is 0.119 e. The van der Waals surface area contributed by atoms with Crippen molar-refractivity contribution < 1.29 is 4.74 Å². The van der Waals surface area contributed by atoms with Gasteiger partial charge in [0.25, 0.3) is 0 Å². The van der Waals surface area contributed by atoms with Gasteiger partial charge in [-0.1, -0.05) is 63.1 Å². The van der Waals surface area contributed by atoms with Crippen LogP contribution in [0.4, 0.5) is 0 Å². The zero-order chi connectivity index (χ0) is 19.1. The maximum absolute atomic E-state index is 5.53. The Morgan fingerprint density at radius 3 is 2.04 bits per heavy atom. The van der Waals surface area contributed by atoms with Crippen LogP contribution >= 0.6 is 0 Å². The van der Waals surface area contributed by atoms with E-state index in [0.717, 1.165) is 11.7 Å². The lowest BCUT2D eigenvalue weighted by molar-refractivity contribution is 0.152. The van der Waals surface area contributed by atoms with Crippen LogP contribution < -0.4 is 4.74 Å². The Hall–Kier alpha value is -1.76. The lowest BCUT2D eigenvalue weighted by atomic mass is 9.68. The van der Waals surface area contributed by atoms with Crippen LogP contribution in [-0.2, 0) is 6.42 Å². The molecule has 0 spiro atoms. The highest BCUT2D eigenvalue weighted by molar-refractivity contribution is 5.64. The first-order chi connectivity index (χ1) is 13.1. The molecule has 0 heterocycles. The molecule has 1 aliphatic rings. The van der Waals surface area contributed by atoms with Crippen molar-refractivity contribution in [3.05, 3.63) is 54.1 Å². The van der Waals surface area contributed by atoms with E-state index in [0.29, 0.717) is 12.0 Å². The fourth-order valence-corrected chi connectivity index (χ4v) is 4.54. The van der Waals surface area contributed by atoms with Gasteiger partial charge in [0.1, 0.15) is 5.75 Å². The quantitative estimate of drug-likeness (QED) is 0.466. The standard InChI is InChI=1S/C26H36O/c1-4-6-21-15-18-26(3,19-16-21)20-17-22-7-9-23(10-8-22)24-11-13-25(14-12-24)27-5-2/h7-14,21H,4-6,15-20H2,1-3H3. The fraction of sp³-hybridized carbons (Fsp3) is 0.538. The third-order valence-corrected chi connectivity index (χ3v) is 6.48. The molecular weight excluding hydrogens is 328 g/mol. The summed E-state index contributed by atoms with van der Waals surface area (Å²) in [6, 6.07) is 17.6. The van der Waals surface area contributed by atoms with E-state index in [9.17, 15) is 0 Å². The average Bonchev–Trinajstić information content (AvgIpc) is 2.70. The summed E-state index contributed by atoms with van der Waals surface area (Å²) in [5.41, 5.74) is 4.57. The van der Waals surface area contributed by atoms with E-state index in [1.807, 2.05) is 6.92 Å². The predicted molar refractivity (Wildman–Crippen MR) is 116 cm³/mol. The summed E-state index contributed by atoms with van der Waals surface area (Å²) < 4.78 is 5.53. The Bertz CT molecular complexity index is 675. The zero-order valence-corrected chi connectivity index (χ0v) is 17.5. The third-order valence-electron chi connectivity index (χ3n) is 6.48. The lowest BCUT2D eigenvalue weighted by Crippen LogP contribution is -2.25. The summed E-state index contributed by atoms with van der Waals surface area (Å²) in [5, 5.41) is 0.